The standard InChI is InChI=1S/C15H17F2N5O6S/c1-2-10(15(24)25)21-29(26,27)22-11(6-12(18)23)14-19-13(20-28-14)8-5-7(16)3-4-9(8)17/h3-5,10-11,21-22H,2,6H2,1H3,(H2,18,23)(H,24,25)/t10-,11-/m0/s1. The highest BCUT2D eigenvalue weighted by Gasteiger charge is 2.30. The Bertz CT molecular complexity index is 1010. The average molecular weight is 433 g/mol. The third-order valence-corrected chi connectivity index (χ3v) is 4.81. The zero-order chi connectivity index (χ0) is 21.8. The van der Waals surface area contributed by atoms with E-state index >= 15 is 0 Å². The molecule has 29 heavy (non-hydrogen) atoms. The Labute approximate surface area is 163 Å². The largest absolute Gasteiger partial charge is 0.480 e. The Hall–Kier alpha value is -2.97. The number of nitrogens with one attached hydrogen (secondary N) is 2. The van der Waals surface area contributed by atoms with Gasteiger partial charge >= 0.3 is 5.97 Å². The Balaban J connectivity index is 2.31. The van der Waals surface area contributed by atoms with Crippen molar-refractivity contribution in [2.45, 2.75) is 31.8 Å². The number of primary amides is 1. The number of halogens is 2. The summed E-state index contributed by atoms with van der Waals surface area (Å²) in [5.74, 6) is -4.84. The molecule has 0 saturated carbocycles. The van der Waals surface area contributed by atoms with Crippen LogP contribution in [0.4, 0.5) is 8.78 Å². The molecule has 1 aromatic heterocycles. The lowest BCUT2D eigenvalue weighted by atomic mass is 10.2. The number of carboxylic acids is 1. The lowest BCUT2D eigenvalue weighted by Gasteiger charge is -2.17. The van der Waals surface area contributed by atoms with Gasteiger partial charge in [0.15, 0.2) is 0 Å². The van der Waals surface area contributed by atoms with Crippen LogP contribution in [0, 0.1) is 11.6 Å². The highest BCUT2D eigenvalue weighted by Crippen LogP contribution is 2.24. The monoisotopic (exact) mass is 433 g/mol. The van der Waals surface area contributed by atoms with Crippen LogP contribution in [0.1, 0.15) is 31.7 Å². The van der Waals surface area contributed by atoms with E-state index < -0.39 is 63.9 Å². The van der Waals surface area contributed by atoms with Crippen LogP contribution in [0.25, 0.3) is 11.4 Å². The second-order valence-electron chi connectivity index (χ2n) is 5.84. The molecular weight excluding hydrogens is 416 g/mol. The zero-order valence-electron chi connectivity index (χ0n) is 14.9. The van der Waals surface area contributed by atoms with E-state index in [0.717, 1.165) is 18.2 Å². The second kappa shape index (κ2) is 9.02. The summed E-state index contributed by atoms with van der Waals surface area (Å²) in [6, 6.07) is -0.388. The van der Waals surface area contributed by atoms with Gasteiger partial charge in [-0.25, -0.2) is 8.78 Å². The molecule has 5 N–H and O–H groups in total. The first-order valence-electron chi connectivity index (χ1n) is 8.12. The predicted molar refractivity (Wildman–Crippen MR) is 93.1 cm³/mol. The van der Waals surface area contributed by atoms with Gasteiger partial charge in [-0.15, -0.1) is 0 Å². The second-order valence-corrected chi connectivity index (χ2v) is 7.32. The summed E-state index contributed by atoms with van der Waals surface area (Å²) in [4.78, 5) is 26.1. The fourth-order valence-electron chi connectivity index (χ4n) is 2.25. The number of rotatable bonds is 10. The lowest BCUT2D eigenvalue weighted by Crippen LogP contribution is -2.47. The Kier molecular flexibility index (Phi) is 6.94. The van der Waals surface area contributed by atoms with Gasteiger partial charge in [0, 0.05) is 0 Å². The number of amides is 1. The van der Waals surface area contributed by atoms with Crippen LogP contribution < -0.4 is 15.2 Å². The number of carbonyl (C=O) groups excluding carboxylic acids is 1. The molecule has 2 rings (SSSR count). The summed E-state index contributed by atoms with van der Waals surface area (Å²) in [5.41, 5.74) is 4.75. The molecule has 2 atom stereocenters. The van der Waals surface area contributed by atoms with Gasteiger partial charge in [0.2, 0.25) is 17.6 Å². The molecule has 0 radical (unpaired) electrons. The SMILES string of the molecule is CC[C@H](NS(=O)(=O)N[C@@H](CC(N)=O)c1nc(-c2cc(F)ccc2F)no1)C(=O)O. The van der Waals surface area contributed by atoms with Crippen molar-refractivity contribution in [3.63, 3.8) is 0 Å². The summed E-state index contributed by atoms with van der Waals surface area (Å²) >= 11 is 0. The van der Waals surface area contributed by atoms with Crippen molar-refractivity contribution in [2.24, 2.45) is 5.73 Å². The van der Waals surface area contributed by atoms with E-state index in [4.69, 9.17) is 15.4 Å². The number of carboxylic acid groups (broad SMARTS) is 1. The van der Waals surface area contributed by atoms with Crippen molar-refractivity contribution in [2.75, 3.05) is 0 Å². The molecule has 0 fully saturated rings. The zero-order valence-corrected chi connectivity index (χ0v) is 15.7. The molecule has 0 aliphatic rings. The van der Waals surface area contributed by atoms with E-state index in [1.54, 1.807) is 0 Å². The maximum atomic E-state index is 13.9. The smallest absolute Gasteiger partial charge is 0.321 e. The lowest BCUT2D eigenvalue weighted by molar-refractivity contribution is -0.139. The number of aromatic nitrogens is 2. The van der Waals surface area contributed by atoms with Gasteiger partial charge in [-0.05, 0) is 24.6 Å². The molecule has 1 amide bonds. The van der Waals surface area contributed by atoms with Crippen molar-refractivity contribution in [3.8, 4) is 11.4 Å². The van der Waals surface area contributed by atoms with Gasteiger partial charge in [0.1, 0.15) is 23.7 Å². The van der Waals surface area contributed by atoms with Gasteiger partial charge in [-0.1, -0.05) is 12.1 Å². The first-order valence-corrected chi connectivity index (χ1v) is 9.60. The molecule has 14 heteroatoms. The van der Waals surface area contributed by atoms with Gasteiger partial charge < -0.3 is 15.4 Å². The predicted octanol–water partition coefficient (Wildman–Crippen LogP) is 0.219. The van der Waals surface area contributed by atoms with Crippen molar-refractivity contribution in [1.82, 2.24) is 19.6 Å². The Morgan fingerprint density at radius 1 is 1.31 bits per heavy atom. The Morgan fingerprint density at radius 2 is 2.00 bits per heavy atom. The molecule has 0 aliphatic carbocycles. The van der Waals surface area contributed by atoms with Crippen LogP contribution in [0.15, 0.2) is 22.7 Å². The van der Waals surface area contributed by atoms with E-state index in [2.05, 4.69) is 10.1 Å². The number of nitrogens with zero attached hydrogens (tertiary/aromatic N) is 2. The van der Waals surface area contributed by atoms with Gasteiger partial charge in [-0.3, -0.25) is 9.59 Å². The number of hydrogen-bond acceptors (Lipinski definition) is 7. The first kappa shape index (κ1) is 22.3. The first-order chi connectivity index (χ1) is 13.5. The normalized spacial score (nSPS) is 13.8. The van der Waals surface area contributed by atoms with Crippen LogP contribution in [-0.2, 0) is 19.8 Å². The summed E-state index contributed by atoms with van der Waals surface area (Å²) < 4.78 is 60.4. The minimum Gasteiger partial charge on any atom is -0.480 e. The highest BCUT2D eigenvalue weighted by atomic mass is 32.2. The fraction of sp³-hybridized carbons (Fsp3) is 0.333. The molecule has 0 aliphatic heterocycles. The quantitative estimate of drug-likeness (QED) is 0.411. The molecular formula is C15H17F2N5O6S. The van der Waals surface area contributed by atoms with Crippen LogP contribution >= 0.6 is 0 Å². The maximum absolute atomic E-state index is 13.9. The number of aliphatic carboxylic acids is 1. The summed E-state index contributed by atoms with van der Waals surface area (Å²) in [6.45, 7) is 1.44. The van der Waals surface area contributed by atoms with Gasteiger partial charge in [0.05, 0.1) is 12.0 Å². The van der Waals surface area contributed by atoms with E-state index in [9.17, 15) is 26.8 Å². The number of nitrogens with two attached hydrogens (primary N) is 1. The van der Waals surface area contributed by atoms with E-state index in [1.165, 1.54) is 6.92 Å². The maximum Gasteiger partial charge on any atom is 0.321 e. The summed E-state index contributed by atoms with van der Waals surface area (Å²) in [5, 5.41) is 12.4. The molecule has 11 nitrogen and oxygen atoms in total. The average Bonchev–Trinajstić information content (AvgIpc) is 3.10. The molecule has 158 valence electrons. The summed E-state index contributed by atoms with van der Waals surface area (Å²) in [7, 11) is -4.45. The fourth-order valence-corrected chi connectivity index (χ4v) is 3.52. The molecule has 2 aromatic rings. The molecule has 0 saturated heterocycles. The molecule has 0 spiro atoms. The third kappa shape index (κ3) is 6.00. The van der Waals surface area contributed by atoms with Crippen LogP contribution in [-0.4, -0.2) is 41.6 Å². The van der Waals surface area contributed by atoms with E-state index in [-0.39, 0.29) is 12.0 Å². The number of carbonyl (C=O) groups is 2. The molecule has 1 heterocycles. The minimum absolute atomic E-state index is 0.0553. The molecule has 0 unspecified atom stereocenters. The van der Waals surface area contributed by atoms with Gasteiger partial charge in [-0.2, -0.15) is 22.8 Å². The number of hydrogen-bond donors (Lipinski definition) is 4. The van der Waals surface area contributed by atoms with Crippen molar-refractivity contribution >= 4 is 22.1 Å². The van der Waals surface area contributed by atoms with Crippen molar-refractivity contribution in [1.29, 1.82) is 0 Å². The topological polar surface area (TPSA) is 178 Å². The Morgan fingerprint density at radius 3 is 2.59 bits per heavy atom. The minimum atomic E-state index is -4.45. The summed E-state index contributed by atoms with van der Waals surface area (Å²) in [6.07, 6.45) is -0.682. The van der Waals surface area contributed by atoms with Crippen molar-refractivity contribution in [3.05, 3.63) is 35.7 Å². The number of benzene rings is 1. The highest BCUT2D eigenvalue weighted by molar-refractivity contribution is 7.87. The van der Waals surface area contributed by atoms with Crippen LogP contribution in [0.5, 0.6) is 0 Å². The van der Waals surface area contributed by atoms with Crippen LogP contribution in [0.3, 0.4) is 0 Å². The van der Waals surface area contributed by atoms with E-state index in [1.807, 2.05) is 9.44 Å². The molecule has 0 bridgehead atoms. The van der Waals surface area contributed by atoms with Gasteiger partial charge in [0.25, 0.3) is 10.2 Å². The molecule has 1 aromatic carbocycles. The third-order valence-electron chi connectivity index (χ3n) is 3.62. The van der Waals surface area contributed by atoms with Crippen LogP contribution in [0.2, 0.25) is 0 Å². The van der Waals surface area contributed by atoms with Crippen molar-refractivity contribution < 1.29 is 36.4 Å². The van der Waals surface area contributed by atoms with E-state index in [0.29, 0.717) is 0 Å².